The molecule has 0 radical (unpaired) electrons. The Balaban J connectivity index is 0. The van der Waals surface area contributed by atoms with Crippen LogP contribution in [-0.4, -0.2) is 155 Å². The molecule has 0 aromatic carbocycles. The van der Waals surface area contributed by atoms with Crippen molar-refractivity contribution in [2.75, 3.05) is 5.75 Å². The van der Waals surface area contributed by atoms with Crippen LogP contribution >= 0.6 is 11.6 Å². The van der Waals surface area contributed by atoms with Gasteiger partial charge in [0.2, 0.25) is 0 Å². The van der Waals surface area contributed by atoms with E-state index in [1.54, 1.807) is 0 Å². The zero-order valence-electron chi connectivity index (χ0n) is 12.8. The van der Waals surface area contributed by atoms with Crippen molar-refractivity contribution in [3.8, 4) is 0 Å². The van der Waals surface area contributed by atoms with Crippen LogP contribution in [0.25, 0.3) is 0 Å². The van der Waals surface area contributed by atoms with Crippen LogP contribution in [0.15, 0.2) is 0 Å². The molecule has 0 saturated heterocycles. The molecule has 16 heteroatoms. The summed E-state index contributed by atoms with van der Waals surface area (Å²) in [4.78, 5) is 10.8. The van der Waals surface area contributed by atoms with Gasteiger partial charge in [0, 0.05) is 76.4 Å². The van der Waals surface area contributed by atoms with Crippen LogP contribution in [0.3, 0.4) is 0 Å². The Labute approximate surface area is 188 Å². The molecule has 1 nitrogen and oxygen atoms in total. The summed E-state index contributed by atoms with van der Waals surface area (Å²) in [6, 6.07) is 0. The van der Waals surface area contributed by atoms with E-state index in [1.165, 1.54) is 82.8 Å². The fraction of sp³-hybridized carbons (Fsp3) is 0.800. The molecule has 92 valence electrons. The molecule has 0 amide bonds. The van der Waals surface area contributed by atoms with Gasteiger partial charge >= 0.3 is 59.1 Å². The summed E-state index contributed by atoms with van der Waals surface area (Å²) in [6.45, 7) is 0. The van der Waals surface area contributed by atoms with Crippen molar-refractivity contribution in [3.63, 3.8) is 0 Å². The molecule has 0 aliphatic heterocycles. The number of rotatable bonds is 13. The number of Topliss-reactive ketones (excluding diaryl/α,β-unsaturated/α-hetero) is 1. The quantitative estimate of drug-likeness (QED) is 0.248. The predicted octanol–water partition coefficient (Wildman–Crippen LogP) is -8.18. The van der Waals surface area contributed by atoms with Crippen molar-refractivity contribution in [2.45, 2.75) is 12.8 Å². The topological polar surface area (TPSA) is 17.1 Å². The maximum atomic E-state index is 10.8. The minimum absolute atomic E-state index is 0. The SMILES string of the molecule is BBBBBBBBBBBBSCC1CC(=O)C1.[NaH].[NaH]. The number of carbonyl (C=O) groups is 1. The zero-order chi connectivity index (χ0) is 13.8. The van der Waals surface area contributed by atoms with Crippen molar-refractivity contribution in [2.24, 2.45) is 5.92 Å². The summed E-state index contributed by atoms with van der Waals surface area (Å²) in [5.41, 5.74) is 0. The second kappa shape index (κ2) is 19.1. The van der Waals surface area contributed by atoms with Crippen LogP contribution in [-0.2, 0) is 4.79 Å². The van der Waals surface area contributed by atoms with Gasteiger partial charge in [-0.05, 0) is 11.7 Å². The van der Waals surface area contributed by atoms with Gasteiger partial charge in [0.1, 0.15) is 12.2 Å². The van der Waals surface area contributed by atoms with E-state index in [1.807, 2.05) is 0 Å². The predicted molar refractivity (Wildman–Crippen MR) is 132 cm³/mol. The summed E-state index contributed by atoms with van der Waals surface area (Å²) in [6.07, 6.45) is 3.04. The van der Waals surface area contributed by atoms with Crippen molar-refractivity contribution < 1.29 is 4.79 Å². The average molecular weight is 306 g/mol. The first-order valence-electron chi connectivity index (χ1n) is 8.42. The molecule has 0 N–H and O–H groups in total. The van der Waals surface area contributed by atoms with E-state index in [0.717, 1.165) is 18.8 Å². The summed E-state index contributed by atoms with van der Waals surface area (Å²) >= 11 is 2.06. The maximum absolute atomic E-state index is 10.8. The Morgan fingerprint density at radius 2 is 1.38 bits per heavy atom. The Hall–Kier alpha value is 2.80. The van der Waals surface area contributed by atoms with E-state index in [4.69, 9.17) is 0 Å². The molecule has 1 aliphatic rings. The third kappa shape index (κ3) is 16.0. The van der Waals surface area contributed by atoms with Gasteiger partial charge in [-0.25, -0.2) is 11.6 Å². The van der Waals surface area contributed by atoms with Gasteiger partial charge in [-0.1, -0.05) is 0 Å². The van der Waals surface area contributed by atoms with Gasteiger partial charge < -0.3 is 0 Å². The van der Waals surface area contributed by atoms with Gasteiger partial charge in [-0.15, -0.1) is 0 Å². The summed E-state index contributed by atoms with van der Waals surface area (Å²) in [7, 11) is 16.5. The monoisotopic (exact) mass is 308 g/mol. The van der Waals surface area contributed by atoms with E-state index in [9.17, 15) is 4.79 Å². The van der Waals surface area contributed by atoms with E-state index in [-0.39, 0.29) is 59.1 Å². The third-order valence-electron chi connectivity index (χ3n) is 4.03. The first kappa shape index (κ1) is 26.0. The second-order valence-corrected chi connectivity index (χ2v) is 7.22. The summed E-state index contributed by atoms with van der Waals surface area (Å²) in [5.74, 6) is 2.42. The van der Waals surface area contributed by atoms with E-state index in [0.29, 0.717) is 5.78 Å². The number of hydrogen-bond acceptors (Lipinski definition) is 2. The molecular weight excluding hydrogens is 284 g/mol. The summed E-state index contributed by atoms with van der Waals surface area (Å²) in [5, 5.41) is 0. The van der Waals surface area contributed by atoms with Gasteiger partial charge in [0.15, 0.2) is 0 Å². The van der Waals surface area contributed by atoms with Crippen molar-refractivity contribution in [1.82, 2.24) is 0 Å². The molecule has 1 saturated carbocycles. The van der Waals surface area contributed by atoms with E-state index < -0.39 is 0 Å². The number of carbonyl (C=O) groups excluding carboxylic acids is 1. The van der Waals surface area contributed by atoms with Crippen molar-refractivity contribution in [3.05, 3.63) is 0 Å². The Morgan fingerprint density at radius 1 is 0.905 bits per heavy atom. The second-order valence-electron chi connectivity index (χ2n) is 6.07. The molecule has 0 atom stereocenters. The van der Waals surface area contributed by atoms with Crippen LogP contribution in [0.5, 0.6) is 0 Å². The molecular formula is C5H22B12Na2OS. The van der Waals surface area contributed by atoms with Crippen LogP contribution in [0.1, 0.15) is 12.8 Å². The van der Waals surface area contributed by atoms with Gasteiger partial charge in [0.05, 0.1) is 14.8 Å². The minimum atomic E-state index is 0. The van der Waals surface area contributed by atoms with Crippen LogP contribution < -0.4 is 0 Å². The normalized spacial score (nSPS) is 12.1. The fourth-order valence-electron chi connectivity index (χ4n) is 2.64. The molecule has 0 heterocycles. The van der Waals surface area contributed by atoms with Crippen LogP contribution in [0, 0.1) is 5.92 Å². The molecule has 0 aromatic heterocycles. The van der Waals surface area contributed by atoms with Crippen molar-refractivity contribution in [1.29, 1.82) is 0 Å². The standard InChI is InChI=1S/C5H20B12OS.2Na.2H/c6-7-8-9-10-11-12-13-14-15-16-17-19-3-4-1-5(18)2-4;;;;/h4,7-17H,1-3,6H2;;;;. The fourth-order valence-corrected chi connectivity index (χ4v) is 3.79. The first-order chi connectivity index (χ1) is 9.33. The van der Waals surface area contributed by atoms with Gasteiger partial charge in [-0.3, -0.25) is 4.79 Å². The molecule has 0 unspecified atom stereocenters. The Kier molecular flexibility index (Phi) is 23.7. The van der Waals surface area contributed by atoms with E-state index in [2.05, 4.69) is 19.4 Å². The average Bonchev–Trinajstić information content (AvgIpc) is 2.37. The molecule has 1 aliphatic carbocycles. The summed E-state index contributed by atoms with van der Waals surface area (Å²) < 4.78 is 0. The number of ketones is 1. The first-order valence-corrected chi connectivity index (χ1v) is 9.58. The Bertz CT molecular complexity index is 244. The molecule has 1 rings (SSSR count). The van der Waals surface area contributed by atoms with Crippen molar-refractivity contribution >= 4 is 161 Å². The molecule has 21 heavy (non-hydrogen) atoms. The Morgan fingerprint density at radius 3 is 1.86 bits per heavy atom. The third-order valence-corrected chi connectivity index (χ3v) is 5.31. The zero-order valence-corrected chi connectivity index (χ0v) is 13.6. The van der Waals surface area contributed by atoms with Crippen LogP contribution in [0.2, 0.25) is 0 Å². The molecule has 1 fully saturated rings. The van der Waals surface area contributed by atoms with Gasteiger partial charge in [0.25, 0.3) is 0 Å². The van der Waals surface area contributed by atoms with Gasteiger partial charge in [-0.2, -0.15) is 0 Å². The van der Waals surface area contributed by atoms with Crippen LogP contribution in [0.4, 0.5) is 0 Å². The molecule has 0 spiro atoms. The number of hydrogen-bond donors (Lipinski definition) is 0. The van der Waals surface area contributed by atoms with E-state index >= 15 is 0 Å². The molecule has 0 aromatic rings. The molecule has 0 bridgehead atoms.